The van der Waals surface area contributed by atoms with Crippen molar-refractivity contribution in [3.05, 3.63) is 46.2 Å². The smallest absolute Gasteiger partial charge is 0.165 e. The van der Waals surface area contributed by atoms with Crippen molar-refractivity contribution in [2.24, 2.45) is 0 Å². The largest absolute Gasteiger partial charge is 0.367 e. The minimum Gasteiger partial charge on any atom is -0.367 e. The van der Waals surface area contributed by atoms with E-state index in [4.69, 9.17) is 16.6 Å². The standard InChI is InChI=1S/C20H25ClN4/c1-6-16(7-2)24-18-10-14(5)23-20-17(11-22-25(18)20)19-12(3)8-15(21)9-13(19)4/h8-11,16,24H,6-7H2,1-5H3. The number of hydrogen-bond acceptors (Lipinski definition) is 3. The summed E-state index contributed by atoms with van der Waals surface area (Å²) in [6.07, 6.45) is 4.05. The van der Waals surface area contributed by atoms with Crippen LogP contribution in [0.3, 0.4) is 0 Å². The molecule has 4 nitrogen and oxygen atoms in total. The van der Waals surface area contributed by atoms with E-state index in [9.17, 15) is 0 Å². The van der Waals surface area contributed by atoms with Crippen molar-refractivity contribution >= 4 is 23.1 Å². The third-order valence-electron chi connectivity index (χ3n) is 4.70. The molecule has 0 radical (unpaired) electrons. The lowest BCUT2D eigenvalue weighted by Gasteiger charge is -2.17. The third-order valence-corrected chi connectivity index (χ3v) is 4.92. The Hall–Kier alpha value is -2.07. The van der Waals surface area contributed by atoms with Crippen LogP contribution in [0.15, 0.2) is 24.4 Å². The van der Waals surface area contributed by atoms with Gasteiger partial charge in [-0.3, -0.25) is 0 Å². The summed E-state index contributed by atoms with van der Waals surface area (Å²) in [5.41, 5.74) is 6.33. The van der Waals surface area contributed by atoms with Gasteiger partial charge in [0.1, 0.15) is 5.82 Å². The maximum Gasteiger partial charge on any atom is 0.165 e. The Bertz CT molecular complexity index is 886. The number of anilines is 1. The number of hydrogen-bond donors (Lipinski definition) is 1. The number of nitrogens with zero attached hydrogens (tertiary/aromatic N) is 3. The molecule has 0 saturated carbocycles. The Morgan fingerprint density at radius 2 is 1.72 bits per heavy atom. The van der Waals surface area contributed by atoms with E-state index in [1.807, 2.05) is 29.8 Å². The van der Waals surface area contributed by atoms with Crippen LogP contribution < -0.4 is 5.32 Å². The van der Waals surface area contributed by atoms with E-state index in [0.29, 0.717) is 6.04 Å². The number of nitrogens with one attached hydrogen (secondary N) is 1. The van der Waals surface area contributed by atoms with Gasteiger partial charge in [0.25, 0.3) is 0 Å². The number of aromatic nitrogens is 3. The first-order valence-electron chi connectivity index (χ1n) is 8.83. The van der Waals surface area contributed by atoms with Crippen molar-refractivity contribution in [2.45, 2.75) is 53.5 Å². The van der Waals surface area contributed by atoms with Crippen molar-refractivity contribution < 1.29 is 0 Å². The first kappa shape index (κ1) is 17.7. The van der Waals surface area contributed by atoms with Gasteiger partial charge in [0.15, 0.2) is 5.65 Å². The van der Waals surface area contributed by atoms with E-state index in [1.54, 1.807) is 0 Å². The molecular weight excluding hydrogens is 332 g/mol. The molecule has 3 aromatic rings. The molecule has 2 heterocycles. The lowest BCUT2D eigenvalue weighted by Crippen LogP contribution is -2.19. The van der Waals surface area contributed by atoms with Crippen molar-refractivity contribution in [1.29, 1.82) is 0 Å². The minimum absolute atomic E-state index is 0.427. The average Bonchev–Trinajstić information content (AvgIpc) is 2.95. The molecule has 0 aliphatic rings. The lowest BCUT2D eigenvalue weighted by atomic mass is 9.98. The zero-order valence-corrected chi connectivity index (χ0v) is 16.3. The second kappa shape index (κ2) is 7.04. The second-order valence-electron chi connectivity index (χ2n) is 6.65. The summed E-state index contributed by atoms with van der Waals surface area (Å²) >= 11 is 6.20. The highest BCUT2D eigenvalue weighted by Crippen LogP contribution is 2.33. The summed E-state index contributed by atoms with van der Waals surface area (Å²) in [5, 5.41) is 8.99. The summed E-state index contributed by atoms with van der Waals surface area (Å²) < 4.78 is 1.91. The second-order valence-corrected chi connectivity index (χ2v) is 7.09. The van der Waals surface area contributed by atoms with Crippen LogP contribution in [0.25, 0.3) is 16.8 Å². The molecule has 3 rings (SSSR count). The number of benzene rings is 1. The molecule has 0 saturated heterocycles. The van der Waals surface area contributed by atoms with E-state index in [2.05, 4.69) is 44.2 Å². The molecule has 5 heteroatoms. The maximum absolute atomic E-state index is 6.20. The summed E-state index contributed by atoms with van der Waals surface area (Å²) in [6.45, 7) is 10.6. The third kappa shape index (κ3) is 3.36. The first-order valence-corrected chi connectivity index (χ1v) is 9.21. The normalized spacial score (nSPS) is 11.5. The Kier molecular flexibility index (Phi) is 5.00. The van der Waals surface area contributed by atoms with E-state index in [1.165, 1.54) is 0 Å². The molecule has 0 amide bonds. The van der Waals surface area contributed by atoms with Gasteiger partial charge in [-0.1, -0.05) is 25.4 Å². The molecule has 1 N–H and O–H groups in total. The minimum atomic E-state index is 0.427. The van der Waals surface area contributed by atoms with E-state index >= 15 is 0 Å². The van der Waals surface area contributed by atoms with Gasteiger partial charge in [0, 0.05) is 28.4 Å². The molecule has 1 aromatic carbocycles. The van der Waals surface area contributed by atoms with Crippen molar-refractivity contribution in [2.75, 3.05) is 5.32 Å². The van der Waals surface area contributed by atoms with Crippen LogP contribution in [-0.4, -0.2) is 20.6 Å². The van der Waals surface area contributed by atoms with Gasteiger partial charge in [-0.15, -0.1) is 0 Å². The van der Waals surface area contributed by atoms with Crippen LogP contribution >= 0.6 is 11.6 Å². The highest BCUT2D eigenvalue weighted by atomic mass is 35.5. The van der Waals surface area contributed by atoms with Crippen LogP contribution in [0.2, 0.25) is 5.02 Å². The average molecular weight is 357 g/mol. The molecular formula is C20H25ClN4. The van der Waals surface area contributed by atoms with E-state index in [0.717, 1.165) is 57.3 Å². The van der Waals surface area contributed by atoms with Gasteiger partial charge in [-0.05, 0) is 62.4 Å². The van der Waals surface area contributed by atoms with Gasteiger partial charge in [0.2, 0.25) is 0 Å². The van der Waals surface area contributed by atoms with Crippen LogP contribution in [0.5, 0.6) is 0 Å². The Balaban J connectivity index is 2.19. The van der Waals surface area contributed by atoms with Crippen molar-refractivity contribution in [3.63, 3.8) is 0 Å². The molecule has 0 unspecified atom stereocenters. The van der Waals surface area contributed by atoms with Gasteiger partial charge >= 0.3 is 0 Å². The summed E-state index contributed by atoms with van der Waals surface area (Å²) in [5.74, 6) is 0.992. The zero-order chi connectivity index (χ0) is 18.1. The molecule has 0 aliphatic heterocycles. The SMILES string of the molecule is CCC(CC)Nc1cc(C)nc2c(-c3c(C)cc(Cl)cc3C)cnn12. The Morgan fingerprint density at radius 3 is 2.32 bits per heavy atom. The first-order chi connectivity index (χ1) is 11.9. The van der Waals surface area contributed by atoms with Gasteiger partial charge < -0.3 is 5.32 Å². The molecule has 0 bridgehead atoms. The molecule has 132 valence electrons. The topological polar surface area (TPSA) is 42.2 Å². The molecule has 0 atom stereocenters. The van der Waals surface area contributed by atoms with Crippen LogP contribution in [0, 0.1) is 20.8 Å². The maximum atomic E-state index is 6.20. The number of halogens is 1. The predicted molar refractivity (Wildman–Crippen MR) is 106 cm³/mol. The quantitative estimate of drug-likeness (QED) is 0.649. The summed E-state index contributed by atoms with van der Waals surface area (Å²) in [6, 6.07) is 6.47. The Labute approximate surface area is 154 Å². The van der Waals surface area contributed by atoms with Gasteiger partial charge in [-0.25, -0.2) is 4.98 Å². The molecule has 0 fully saturated rings. The van der Waals surface area contributed by atoms with Crippen LogP contribution in [-0.2, 0) is 0 Å². The Morgan fingerprint density at radius 1 is 1.08 bits per heavy atom. The lowest BCUT2D eigenvalue weighted by molar-refractivity contribution is 0.663. The zero-order valence-electron chi connectivity index (χ0n) is 15.5. The fraction of sp³-hybridized carbons (Fsp3) is 0.400. The highest BCUT2D eigenvalue weighted by Gasteiger charge is 2.17. The fourth-order valence-corrected chi connectivity index (χ4v) is 3.73. The number of aryl methyl sites for hydroxylation is 3. The monoisotopic (exact) mass is 356 g/mol. The molecule has 2 aromatic heterocycles. The van der Waals surface area contributed by atoms with E-state index < -0.39 is 0 Å². The van der Waals surface area contributed by atoms with Gasteiger partial charge in [-0.2, -0.15) is 9.61 Å². The van der Waals surface area contributed by atoms with Crippen molar-refractivity contribution in [1.82, 2.24) is 14.6 Å². The summed E-state index contributed by atoms with van der Waals surface area (Å²) in [7, 11) is 0. The number of fused-ring (bicyclic) bond motifs is 1. The predicted octanol–water partition coefficient (Wildman–Crippen LogP) is 5.58. The molecule has 0 spiro atoms. The van der Waals surface area contributed by atoms with Crippen LogP contribution in [0.1, 0.15) is 43.5 Å². The van der Waals surface area contributed by atoms with E-state index in [-0.39, 0.29) is 0 Å². The van der Waals surface area contributed by atoms with Crippen molar-refractivity contribution in [3.8, 4) is 11.1 Å². The number of rotatable bonds is 5. The van der Waals surface area contributed by atoms with Gasteiger partial charge in [0.05, 0.1) is 6.20 Å². The highest BCUT2D eigenvalue weighted by molar-refractivity contribution is 6.30. The van der Waals surface area contributed by atoms with Crippen LogP contribution in [0.4, 0.5) is 5.82 Å². The molecule has 25 heavy (non-hydrogen) atoms. The molecule has 0 aliphatic carbocycles. The summed E-state index contributed by atoms with van der Waals surface area (Å²) in [4.78, 5) is 4.76. The fourth-order valence-electron chi connectivity index (χ4n) is 3.40.